The fourth-order valence-corrected chi connectivity index (χ4v) is 2.63. The zero-order valence-corrected chi connectivity index (χ0v) is 11.6. The normalized spacial score (nSPS) is 19.7. The minimum atomic E-state index is -0.238. The summed E-state index contributed by atoms with van der Waals surface area (Å²) in [7, 11) is 0. The third kappa shape index (κ3) is 3.18. The van der Waals surface area contributed by atoms with Crippen molar-refractivity contribution >= 4 is 5.91 Å². The number of hydrogen-bond donors (Lipinski definition) is 1. The third-order valence-corrected chi connectivity index (χ3v) is 4.24. The summed E-state index contributed by atoms with van der Waals surface area (Å²) in [4.78, 5) is 14.2. The Morgan fingerprint density at radius 1 is 1.30 bits per heavy atom. The molecule has 1 unspecified atom stereocenters. The smallest absolute Gasteiger partial charge is 0.224 e. The largest absolute Gasteiger partial charge is 0.335 e. The van der Waals surface area contributed by atoms with Crippen LogP contribution in [-0.4, -0.2) is 22.9 Å². The van der Waals surface area contributed by atoms with Crippen molar-refractivity contribution in [1.29, 1.82) is 0 Å². The highest BCUT2D eigenvalue weighted by molar-refractivity contribution is 5.77. The number of nitrogens with zero attached hydrogens (tertiary/aromatic N) is 1. The first-order valence-electron chi connectivity index (χ1n) is 7.43. The molecule has 3 rings (SSSR count). The monoisotopic (exact) mass is 276 g/mol. The van der Waals surface area contributed by atoms with Gasteiger partial charge in [-0.15, -0.1) is 0 Å². The lowest BCUT2D eigenvalue weighted by Crippen LogP contribution is -2.37. The van der Waals surface area contributed by atoms with Crippen molar-refractivity contribution in [2.75, 3.05) is 0 Å². The maximum Gasteiger partial charge on any atom is 0.224 e. The van der Waals surface area contributed by atoms with E-state index >= 15 is 0 Å². The molecule has 1 amide bonds. The molecule has 3 nitrogen and oxygen atoms in total. The van der Waals surface area contributed by atoms with E-state index in [-0.39, 0.29) is 23.8 Å². The molecular formula is C16H21FN2O. The highest BCUT2D eigenvalue weighted by Crippen LogP contribution is 2.34. The zero-order chi connectivity index (χ0) is 14.1. The predicted molar refractivity (Wildman–Crippen MR) is 75.3 cm³/mol. The van der Waals surface area contributed by atoms with Crippen molar-refractivity contribution < 1.29 is 9.18 Å². The van der Waals surface area contributed by atoms with E-state index < -0.39 is 0 Å². The second-order valence-corrected chi connectivity index (χ2v) is 6.05. The van der Waals surface area contributed by atoms with Gasteiger partial charge in [0.1, 0.15) is 5.82 Å². The number of hydrogen-bond acceptors (Lipinski definition) is 2. The summed E-state index contributed by atoms with van der Waals surface area (Å²) in [6, 6.07) is 6.94. The number of benzene rings is 1. The van der Waals surface area contributed by atoms with Crippen LogP contribution in [0.5, 0.6) is 0 Å². The highest BCUT2D eigenvalue weighted by atomic mass is 19.1. The van der Waals surface area contributed by atoms with E-state index in [0.29, 0.717) is 24.4 Å². The van der Waals surface area contributed by atoms with Crippen LogP contribution in [0.4, 0.5) is 4.39 Å². The Kier molecular flexibility index (Phi) is 3.74. The SMILES string of the molecule is NC(CC(=O)N(Cc1ccccc1F)C1CC1)C1CC1. The Morgan fingerprint density at radius 3 is 2.60 bits per heavy atom. The fourth-order valence-electron chi connectivity index (χ4n) is 2.63. The van der Waals surface area contributed by atoms with Gasteiger partial charge in [-0.3, -0.25) is 4.79 Å². The summed E-state index contributed by atoms with van der Waals surface area (Å²) < 4.78 is 13.7. The molecule has 0 radical (unpaired) electrons. The summed E-state index contributed by atoms with van der Waals surface area (Å²) in [6.45, 7) is 0.369. The Labute approximate surface area is 118 Å². The van der Waals surface area contributed by atoms with Crippen molar-refractivity contribution in [1.82, 2.24) is 4.90 Å². The molecule has 1 aromatic rings. The van der Waals surface area contributed by atoms with Crippen LogP contribution in [0.25, 0.3) is 0 Å². The molecule has 2 N–H and O–H groups in total. The van der Waals surface area contributed by atoms with E-state index in [9.17, 15) is 9.18 Å². The molecule has 2 fully saturated rings. The first-order valence-corrected chi connectivity index (χ1v) is 7.43. The first kappa shape index (κ1) is 13.6. The lowest BCUT2D eigenvalue weighted by atomic mass is 10.1. The van der Waals surface area contributed by atoms with E-state index in [4.69, 9.17) is 5.73 Å². The molecule has 0 aromatic heterocycles. The van der Waals surface area contributed by atoms with Crippen LogP contribution < -0.4 is 5.73 Å². The van der Waals surface area contributed by atoms with Gasteiger partial charge in [-0.05, 0) is 37.7 Å². The van der Waals surface area contributed by atoms with Gasteiger partial charge in [0.25, 0.3) is 0 Å². The van der Waals surface area contributed by atoms with Gasteiger partial charge in [0.2, 0.25) is 5.91 Å². The maximum absolute atomic E-state index is 13.7. The average molecular weight is 276 g/mol. The number of nitrogens with two attached hydrogens (primary N) is 1. The van der Waals surface area contributed by atoms with E-state index in [1.807, 2.05) is 11.0 Å². The predicted octanol–water partition coefficient (Wildman–Crippen LogP) is 2.44. The summed E-state index contributed by atoms with van der Waals surface area (Å²) in [6.07, 6.45) is 4.74. The maximum atomic E-state index is 13.7. The van der Waals surface area contributed by atoms with Gasteiger partial charge in [-0.2, -0.15) is 0 Å². The lowest BCUT2D eigenvalue weighted by Gasteiger charge is -2.24. The van der Waals surface area contributed by atoms with Crippen LogP contribution in [0.1, 0.15) is 37.7 Å². The molecule has 2 aliphatic carbocycles. The molecule has 2 aliphatic rings. The second-order valence-electron chi connectivity index (χ2n) is 6.05. The minimum Gasteiger partial charge on any atom is -0.335 e. The number of rotatable bonds is 6. The van der Waals surface area contributed by atoms with Crippen LogP contribution in [0.3, 0.4) is 0 Å². The average Bonchev–Trinajstić information content (AvgIpc) is 3.29. The summed E-state index contributed by atoms with van der Waals surface area (Å²) >= 11 is 0. The molecule has 0 heterocycles. The van der Waals surface area contributed by atoms with Crippen LogP contribution in [0.15, 0.2) is 24.3 Å². The van der Waals surface area contributed by atoms with Crippen LogP contribution in [0.2, 0.25) is 0 Å². The molecule has 20 heavy (non-hydrogen) atoms. The van der Waals surface area contributed by atoms with Crippen LogP contribution in [0, 0.1) is 11.7 Å². The van der Waals surface area contributed by atoms with Crippen molar-refractivity contribution in [3.8, 4) is 0 Å². The standard InChI is InChI=1S/C16H21FN2O/c17-14-4-2-1-3-12(14)10-19(13-7-8-13)16(20)9-15(18)11-5-6-11/h1-4,11,13,15H,5-10,18H2. The van der Waals surface area contributed by atoms with E-state index in [2.05, 4.69) is 0 Å². The minimum absolute atomic E-state index is 0.0237. The Morgan fingerprint density at radius 2 is 2.00 bits per heavy atom. The fraction of sp³-hybridized carbons (Fsp3) is 0.562. The number of carbonyl (C=O) groups is 1. The molecular weight excluding hydrogens is 255 g/mol. The summed E-state index contributed by atoms with van der Waals surface area (Å²) in [5.41, 5.74) is 6.63. The Balaban J connectivity index is 1.66. The topological polar surface area (TPSA) is 46.3 Å². The quantitative estimate of drug-likeness (QED) is 0.867. The molecule has 0 spiro atoms. The molecule has 2 saturated carbocycles. The summed E-state index contributed by atoms with van der Waals surface area (Å²) in [5, 5.41) is 0. The van der Waals surface area contributed by atoms with Gasteiger partial charge in [-0.25, -0.2) is 4.39 Å². The molecule has 108 valence electrons. The Bertz CT molecular complexity index is 497. The van der Waals surface area contributed by atoms with E-state index in [1.54, 1.807) is 12.1 Å². The number of halogens is 1. The molecule has 1 aromatic carbocycles. The molecule has 0 saturated heterocycles. The summed E-state index contributed by atoms with van der Waals surface area (Å²) in [5.74, 6) is 0.362. The van der Waals surface area contributed by atoms with Crippen LogP contribution >= 0.6 is 0 Å². The molecule has 1 atom stereocenters. The van der Waals surface area contributed by atoms with Crippen LogP contribution in [-0.2, 0) is 11.3 Å². The van der Waals surface area contributed by atoms with Gasteiger partial charge >= 0.3 is 0 Å². The molecule has 0 aliphatic heterocycles. The second kappa shape index (κ2) is 5.52. The number of carbonyl (C=O) groups excluding carboxylic acids is 1. The van der Waals surface area contributed by atoms with Gasteiger partial charge in [0, 0.05) is 30.6 Å². The van der Waals surface area contributed by atoms with Crippen molar-refractivity contribution in [2.24, 2.45) is 11.7 Å². The number of amides is 1. The lowest BCUT2D eigenvalue weighted by molar-refractivity contribution is -0.132. The Hall–Kier alpha value is -1.42. The van der Waals surface area contributed by atoms with Gasteiger partial charge in [0.05, 0.1) is 0 Å². The zero-order valence-electron chi connectivity index (χ0n) is 11.6. The van der Waals surface area contributed by atoms with Crippen molar-refractivity contribution in [2.45, 2.75) is 50.7 Å². The van der Waals surface area contributed by atoms with Gasteiger partial charge in [-0.1, -0.05) is 18.2 Å². The van der Waals surface area contributed by atoms with E-state index in [0.717, 1.165) is 25.7 Å². The van der Waals surface area contributed by atoms with E-state index in [1.165, 1.54) is 6.07 Å². The molecule has 0 bridgehead atoms. The van der Waals surface area contributed by atoms with Gasteiger partial charge in [0.15, 0.2) is 0 Å². The van der Waals surface area contributed by atoms with Gasteiger partial charge < -0.3 is 10.6 Å². The van der Waals surface area contributed by atoms with Crippen molar-refractivity contribution in [3.63, 3.8) is 0 Å². The van der Waals surface area contributed by atoms with Crippen molar-refractivity contribution in [3.05, 3.63) is 35.6 Å². The third-order valence-electron chi connectivity index (χ3n) is 4.24. The first-order chi connectivity index (χ1) is 9.65. The molecule has 4 heteroatoms. The highest BCUT2D eigenvalue weighted by Gasteiger charge is 2.36.